The minimum Gasteiger partial charge on any atom is -0.298 e. The second kappa shape index (κ2) is 9.98. The molecule has 34 heavy (non-hydrogen) atoms. The molecular weight excluding hydrogens is 466 g/mol. The number of hydrogen-bond donors (Lipinski definition) is 1. The van der Waals surface area contributed by atoms with E-state index in [2.05, 4.69) is 43.2 Å². The fourth-order valence-electron chi connectivity index (χ4n) is 4.78. The van der Waals surface area contributed by atoms with Gasteiger partial charge in [-0.3, -0.25) is 10.1 Å². The van der Waals surface area contributed by atoms with Crippen LogP contribution in [-0.2, 0) is 10.0 Å². The summed E-state index contributed by atoms with van der Waals surface area (Å²) in [6, 6.07) is 10.4. The lowest BCUT2D eigenvalue weighted by Crippen LogP contribution is -2.38. The van der Waals surface area contributed by atoms with E-state index in [0.717, 1.165) is 48.1 Å². The molecule has 8 heteroatoms. The third-order valence-corrected chi connectivity index (χ3v) is 9.22. The van der Waals surface area contributed by atoms with Gasteiger partial charge in [-0.15, -0.1) is 11.3 Å². The first kappa shape index (κ1) is 24.6. The van der Waals surface area contributed by atoms with Crippen molar-refractivity contribution in [1.29, 1.82) is 0 Å². The fourth-order valence-corrected chi connectivity index (χ4v) is 6.90. The highest BCUT2D eigenvalue weighted by Crippen LogP contribution is 2.31. The van der Waals surface area contributed by atoms with Crippen molar-refractivity contribution in [2.45, 2.75) is 63.8 Å². The molecule has 0 saturated heterocycles. The summed E-state index contributed by atoms with van der Waals surface area (Å²) in [6.45, 7) is 6.20. The zero-order valence-corrected chi connectivity index (χ0v) is 21.7. The summed E-state index contributed by atoms with van der Waals surface area (Å²) < 4.78 is 27.6. The number of benzene rings is 2. The van der Waals surface area contributed by atoms with Gasteiger partial charge in [0.1, 0.15) is 0 Å². The third-order valence-electron chi connectivity index (χ3n) is 6.54. The summed E-state index contributed by atoms with van der Waals surface area (Å²) in [5.41, 5.74) is 5.81. The highest BCUT2D eigenvalue weighted by molar-refractivity contribution is 7.89. The van der Waals surface area contributed by atoms with Gasteiger partial charge in [0, 0.05) is 29.6 Å². The molecule has 1 aliphatic rings. The molecule has 0 bridgehead atoms. The van der Waals surface area contributed by atoms with Gasteiger partial charge in [-0.25, -0.2) is 13.4 Å². The number of nitrogens with one attached hydrogen (secondary N) is 1. The Labute approximate surface area is 206 Å². The molecule has 0 unspecified atom stereocenters. The number of hydrogen-bond acceptors (Lipinski definition) is 5. The lowest BCUT2D eigenvalue weighted by molar-refractivity contribution is 0.102. The zero-order valence-electron chi connectivity index (χ0n) is 20.1. The van der Waals surface area contributed by atoms with Crippen LogP contribution < -0.4 is 5.32 Å². The van der Waals surface area contributed by atoms with Crippen LogP contribution in [0.5, 0.6) is 0 Å². The summed E-state index contributed by atoms with van der Waals surface area (Å²) in [6.07, 6.45) is 5.08. The molecule has 1 N–H and O–H groups in total. The lowest BCUT2D eigenvalue weighted by Gasteiger charge is -2.30. The quantitative estimate of drug-likeness (QED) is 0.457. The summed E-state index contributed by atoms with van der Waals surface area (Å²) in [5, 5.41) is 5.29. The number of anilines is 1. The molecular formula is C26H31N3O3S2. The first-order valence-corrected chi connectivity index (χ1v) is 13.9. The zero-order chi connectivity index (χ0) is 24.5. The number of aromatic nitrogens is 1. The van der Waals surface area contributed by atoms with E-state index in [1.165, 1.54) is 39.8 Å². The molecule has 4 rings (SSSR count). The van der Waals surface area contributed by atoms with E-state index in [1.54, 1.807) is 19.2 Å². The van der Waals surface area contributed by atoms with Gasteiger partial charge in [-0.05, 0) is 69.0 Å². The van der Waals surface area contributed by atoms with E-state index >= 15 is 0 Å². The van der Waals surface area contributed by atoms with E-state index < -0.39 is 10.0 Å². The van der Waals surface area contributed by atoms with Gasteiger partial charge < -0.3 is 0 Å². The molecule has 1 heterocycles. The van der Waals surface area contributed by atoms with Crippen LogP contribution in [0, 0.1) is 20.8 Å². The van der Waals surface area contributed by atoms with Crippen LogP contribution in [0.3, 0.4) is 0 Å². The second-order valence-electron chi connectivity index (χ2n) is 9.10. The third kappa shape index (κ3) is 5.09. The molecule has 1 amide bonds. The maximum absolute atomic E-state index is 13.0. The Morgan fingerprint density at radius 2 is 1.65 bits per heavy atom. The summed E-state index contributed by atoms with van der Waals surface area (Å²) >= 11 is 1.37. The van der Waals surface area contributed by atoms with Crippen LogP contribution in [0.2, 0.25) is 0 Å². The number of nitrogens with zero attached hydrogens (tertiary/aromatic N) is 2. The van der Waals surface area contributed by atoms with Crippen molar-refractivity contribution in [2.75, 3.05) is 12.4 Å². The number of carbonyl (C=O) groups is 1. The van der Waals surface area contributed by atoms with Crippen LogP contribution >= 0.6 is 11.3 Å². The Morgan fingerprint density at radius 3 is 2.26 bits per heavy atom. The summed E-state index contributed by atoms with van der Waals surface area (Å²) in [7, 11) is -1.93. The van der Waals surface area contributed by atoms with Gasteiger partial charge in [-0.2, -0.15) is 4.31 Å². The molecule has 6 nitrogen and oxygen atoms in total. The summed E-state index contributed by atoms with van der Waals surface area (Å²) in [4.78, 5) is 17.6. The van der Waals surface area contributed by atoms with Crippen LogP contribution in [0.25, 0.3) is 11.3 Å². The second-order valence-corrected chi connectivity index (χ2v) is 12.0. The SMILES string of the molecule is Cc1cc(C)c(-c2csc(NC(=O)c3ccc(S(=O)(=O)N(C)C4CCCCC4)cc3)n2)c(C)c1. The Bertz CT molecular complexity index is 1270. The number of amides is 1. The van der Waals surface area contributed by atoms with Gasteiger partial charge >= 0.3 is 0 Å². The van der Waals surface area contributed by atoms with E-state index in [0.29, 0.717) is 10.7 Å². The molecule has 1 aromatic heterocycles. The number of sulfonamides is 1. The van der Waals surface area contributed by atoms with Crippen molar-refractivity contribution in [3.8, 4) is 11.3 Å². The van der Waals surface area contributed by atoms with Crippen molar-refractivity contribution in [2.24, 2.45) is 0 Å². The number of thiazole rings is 1. The van der Waals surface area contributed by atoms with Gasteiger partial charge in [0.25, 0.3) is 5.91 Å². The number of rotatable bonds is 6. The molecule has 180 valence electrons. The van der Waals surface area contributed by atoms with E-state index in [4.69, 9.17) is 0 Å². The molecule has 1 fully saturated rings. The largest absolute Gasteiger partial charge is 0.298 e. The maximum Gasteiger partial charge on any atom is 0.257 e. The Kier molecular flexibility index (Phi) is 7.21. The molecule has 0 atom stereocenters. The number of aryl methyl sites for hydroxylation is 3. The number of carbonyl (C=O) groups excluding carboxylic acids is 1. The standard InChI is InChI=1S/C26H31N3O3S2/c1-17-14-18(2)24(19(3)15-17)23-16-33-26(27-23)28-25(30)20-10-12-22(13-11-20)34(31,32)29(4)21-8-6-5-7-9-21/h10-16,21H,5-9H2,1-4H3,(H,27,28,30). The van der Waals surface area contributed by atoms with Crippen LogP contribution in [0.15, 0.2) is 46.7 Å². The highest BCUT2D eigenvalue weighted by Gasteiger charge is 2.29. The minimum atomic E-state index is -3.59. The van der Waals surface area contributed by atoms with Gasteiger partial charge in [-0.1, -0.05) is 37.0 Å². The molecule has 3 aromatic rings. The molecule has 0 radical (unpaired) electrons. The predicted octanol–water partition coefficient (Wildman–Crippen LogP) is 5.94. The topological polar surface area (TPSA) is 79.4 Å². The smallest absolute Gasteiger partial charge is 0.257 e. The average Bonchev–Trinajstić information content (AvgIpc) is 3.26. The Balaban J connectivity index is 1.47. The predicted molar refractivity (Wildman–Crippen MR) is 138 cm³/mol. The normalized spacial score (nSPS) is 15.0. The van der Waals surface area contributed by atoms with Crippen molar-refractivity contribution in [3.63, 3.8) is 0 Å². The van der Waals surface area contributed by atoms with Gasteiger partial charge in [0.15, 0.2) is 5.13 Å². The molecule has 0 spiro atoms. The Hall–Kier alpha value is -2.55. The average molecular weight is 498 g/mol. The Morgan fingerprint density at radius 1 is 1.03 bits per heavy atom. The fraction of sp³-hybridized carbons (Fsp3) is 0.385. The van der Waals surface area contributed by atoms with Crippen LogP contribution in [0.4, 0.5) is 5.13 Å². The van der Waals surface area contributed by atoms with Crippen LogP contribution in [-0.4, -0.2) is 36.7 Å². The van der Waals surface area contributed by atoms with Crippen molar-refractivity contribution >= 4 is 32.4 Å². The van der Waals surface area contributed by atoms with E-state index in [-0.39, 0.29) is 16.8 Å². The monoisotopic (exact) mass is 497 g/mol. The molecule has 2 aromatic carbocycles. The van der Waals surface area contributed by atoms with Crippen LogP contribution in [0.1, 0.15) is 59.2 Å². The van der Waals surface area contributed by atoms with Gasteiger partial charge in [0.05, 0.1) is 10.6 Å². The van der Waals surface area contributed by atoms with Crippen molar-refractivity contribution < 1.29 is 13.2 Å². The van der Waals surface area contributed by atoms with E-state index in [9.17, 15) is 13.2 Å². The molecule has 1 saturated carbocycles. The first-order chi connectivity index (χ1) is 16.2. The van der Waals surface area contributed by atoms with Crippen molar-refractivity contribution in [3.05, 3.63) is 64.0 Å². The maximum atomic E-state index is 13.0. The van der Waals surface area contributed by atoms with Crippen molar-refractivity contribution in [1.82, 2.24) is 9.29 Å². The first-order valence-electron chi connectivity index (χ1n) is 11.6. The highest BCUT2D eigenvalue weighted by atomic mass is 32.2. The molecule has 0 aliphatic heterocycles. The van der Waals surface area contributed by atoms with E-state index in [1.807, 2.05) is 5.38 Å². The molecule has 1 aliphatic carbocycles. The lowest BCUT2D eigenvalue weighted by atomic mass is 9.96. The van der Waals surface area contributed by atoms with Gasteiger partial charge in [0.2, 0.25) is 10.0 Å². The summed E-state index contributed by atoms with van der Waals surface area (Å²) in [5.74, 6) is -0.317. The minimum absolute atomic E-state index is 0.0432.